The summed E-state index contributed by atoms with van der Waals surface area (Å²) in [5.41, 5.74) is 4.86. The van der Waals surface area contributed by atoms with Gasteiger partial charge in [0.2, 0.25) is 0 Å². The van der Waals surface area contributed by atoms with E-state index in [2.05, 4.69) is 15.8 Å². The van der Waals surface area contributed by atoms with Crippen LogP contribution in [0.1, 0.15) is 31.2 Å². The van der Waals surface area contributed by atoms with Gasteiger partial charge in [-0.1, -0.05) is 35.9 Å². The molecular formula is C20H17N3O2S. The Labute approximate surface area is 155 Å². The van der Waals surface area contributed by atoms with Crippen LogP contribution in [0.2, 0.25) is 0 Å². The zero-order valence-electron chi connectivity index (χ0n) is 14.1. The fourth-order valence-corrected chi connectivity index (χ4v) is 2.85. The number of nitrogens with zero attached hydrogens (tertiary/aromatic N) is 1. The van der Waals surface area contributed by atoms with E-state index in [1.54, 1.807) is 42.6 Å². The van der Waals surface area contributed by atoms with Crippen molar-refractivity contribution in [3.05, 3.63) is 87.6 Å². The predicted molar refractivity (Wildman–Crippen MR) is 105 cm³/mol. The first-order chi connectivity index (χ1) is 12.6. The third kappa shape index (κ3) is 4.43. The number of carbonyl (C=O) groups excluding carboxylic acids is 2. The normalized spacial score (nSPS) is 10.7. The van der Waals surface area contributed by atoms with Gasteiger partial charge in [-0.15, -0.1) is 11.3 Å². The predicted octanol–water partition coefficient (Wildman–Crippen LogP) is 4.07. The van der Waals surface area contributed by atoms with E-state index in [1.807, 2.05) is 36.6 Å². The van der Waals surface area contributed by atoms with Crippen molar-refractivity contribution in [2.45, 2.75) is 6.92 Å². The summed E-state index contributed by atoms with van der Waals surface area (Å²) in [6.45, 7) is 1.96. The second-order valence-corrected chi connectivity index (χ2v) is 6.56. The molecule has 0 aliphatic heterocycles. The maximum Gasteiger partial charge on any atom is 0.273 e. The van der Waals surface area contributed by atoms with E-state index < -0.39 is 5.91 Å². The molecule has 0 fully saturated rings. The van der Waals surface area contributed by atoms with E-state index in [-0.39, 0.29) is 5.91 Å². The Balaban J connectivity index is 1.72. The number of rotatable bonds is 5. The summed E-state index contributed by atoms with van der Waals surface area (Å²) in [6.07, 6.45) is 1.58. The summed E-state index contributed by atoms with van der Waals surface area (Å²) < 4.78 is 0. The van der Waals surface area contributed by atoms with E-state index in [0.717, 1.165) is 10.4 Å². The van der Waals surface area contributed by atoms with Crippen molar-refractivity contribution in [2.75, 3.05) is 5.32 Å². The minimum absolute atomic E-state index is 0.271. The maximum absolute atomic E-state index is 12.4. The van der Waals surface area contributed by atoms with Gasteiger partial charge in [0.25, 0.3) is 11.8 Å². The number of hydrazone groups is 1. The van der Waals surface area contributed by atoms with Gasteiger partial charge in [-0.2, -0.15) is 5.10 Å². The highest BCUT2D eigenvalue weighted by molar-refractivity contribution is 7.11. The van der Waals surface area contributed by atoms with E-state index in [9.17, 15) is 9.59 Å². The summed E-state index contributed by atoms with van der Waals surface area (Å²) in [5.74, 6) is -0.662. The van der Waals surface area contributed by atoms with Gasteiger partial charge in [-0.3, -0.25) is 9.59 Å². The maximum atomic E-state index is 12.4. The Morgan fingerprint density at radius 3 is 2.46 bits per heavy atom. The fourth-order valence-electron chi connectivity index (χ4n) is 2.27. The molecule has 0 spiro atoms. The molecule has 1 heterocycles. The van der Waals surface area contributed by atoms with Crippen LogP contribution in [0.4, 0.5) is 5.69 Å². The molecule has 26 heavy (non-hydrogen) atoms. The number of benzene rings is 2. The molecule has 3 aromatic rings. The zero-order valence-corrected chi connectivity index (χ0v) is 14.9. The smallest absolute Gasteiger partial charge is 0.273 e. The van der Waals surface area contributed by atoms with E-state index >= 15 is 0 Å². The second kappa shape index (κ2) is 8.22. The summed E-state index contributed by atoms with van der Waals surface area (Å²) in [5, 5.41) is 8.66. The quantitative estimate of drug-likeness (QED) is 0.530. The largest absolute Gasteiger partial charge is 0.321 e. The average molecular weight is 363 g/mol. The number of hydrogen-bond donors (Lipinski definition) is 2. The van der Waals surface area contributed by atoms with Gasteiger partial charge in [0.15, 0.2) is 0 Å². The highest BCUT2D eigenvalue weighted by Crippen LogP contribution is 2.16. The van der Waals surface area contributed by atoms with Gasteiger partial charge in [-0.25, -0.2) is 5.43 Å². The molecule has 130 valence electrons. The first kappa shape index (κ1) is 17.6. The minimum Gasteiger partial charge on any atom is -0.321 e. The lowest BCUT2D eigenvalue weighted by molar-refractivity contribution is 0.0956. The lowest BCUT2D eigenvalue weighted by atomic mass is 10.1. The number of aryl methyl sites for hydroxylation is 1. The van der Waals surface area contributed by atoms with E-state index in [0.29, 0.717) is 16.8 Å². The molecule has 3 rings (SSSR count). The van der Waals surface area contributed by atoms with Crippen molar-refractivity contribution in [3.8, 4) is 0 Å². The SMILES string of the molecule is Cc1ccc(C(=O)Nc2ccccc2C(=O)N/N=C\c2cccs2)cc1. The third-order valence-corrected chi connectivity index (χ3v) is 4.44. The van der Waals surface area contributed by atoms with Gasteiger partial charge in [0, 0.05) is 10.4 Å². The molecule has 5 nitrogen and oxygen atoms in total. The van der Waals surface area contributed by atoms with Crippen LogP contribution in [0.5, 0.6) is 0 Å². The summed E-state index contributed by atoms with van der Waals surface area (Å²) in [6, 6.07) is 17.9. The minimum atomic E-state index is -0.391. The molecule has 0 unspecified atom stereocenters. The number of anilines is 1. The van der Waals surface area contributed by atoms with Crippen LogP contribution in [-0.2, 0) is 0 Å². The number of carbonyl (C=O) groups is 2. The van der Waals surface area contributed by atoms with Gasteiger partial charge in [0.05, 0.1) is 17.5 Å². The van der Waals surface area contributed by atoms with Crippen LogP contribution in [0.15, 0.2) is 71.1 Å². The molecule has 0 bridgehead atoms. The molecule has 0 aliphatic carbocycles. The Kier molecular flexibility index (Phi) is 5.56. The molecular weight excluding hydrogens is 346 g/mol. The highest BCUT2D eigenvalue weighted by atomic mass is 32.1. The average Bonchev–Trinajstić information content (AvgIpc) is 3.16. The molecule has 0 saturated carbocycles. The molecule has 2 N–H and O–H groups in total. The Bertz CT molecular complexity index is 932. The van der Waals surface area contributed by atoms with Crippen molar-refractivity contribution >= 4 is 35.1 Å². The number of hydrogen-bond acceptors (Lipinski definition) is 4. The Morgan fingerprint density at radius 1 is 0.962 bits per heavy atom. The highest BCUT2D eigenvalue weighted by Gasteiger charge is 2.13. The fraction of sp³-hybridized carbons (Fsp3) is 0.0500. The number of amides is 2. The van der Waals surface area contributed by atoms with E-state index in [1.165, 1.54) is 11.3 Å². The molecule has 0 radical (unpaired) electrons. The van der Waals surface area contributed by atoms with Gasteiger partial charge in [-0.05, 0) is 42.6 Å². The zero-order chi connectivity index (χ0) is 18.4. The number of thiophene rings is 1. The lowest BCUT2D eigenvalue weighted by Crippen LogP contribution is -2.21. The van der Waals surface area contributed by atoms with Crippen LogP contribution in [0.3, 0.4) is 0 Å². The van der Waals surface area contributed by atoms with Crippen molar-refractivity contribution in [1.82, 2.24) is 5.43 Å². The summed E-state index contributed by atoms with van der Waals surface area (Å²) in [4.78, 5) is 25.7. The molecule has 0 aliphatic rings. The van der Waals surface area contributed by atoms with Crippen molar-refractivity contribution < 1.29 is 9.59 Å². The van der Waals surface area contributed by atoms with Crippen molar-refractivity contribution in [3.63, 3.8) is 0 Å². The number of para-hydroxylation sites is 1. The van der Waals surface area contributed by atoms with Crippen molar-refractivity contribution in [2.24, 2.45) is 5.10 Å². The Morgan fingerprint density at radius 2 is 1.73 bits per heavy atom. The molecule has 1 aromatic heterocycles. The van der Waals surface area contributed by atoms with Crippen LogP contribution in [0, 0.1) is 6.92 Å². The molecule has 6 heteroatoms. The van der Waals surface area contributed by atoms with Gasteiger partial charge >= 0.3 is 0 Å². The standard InChI is InChI=1S/C20H17N3O2S/c1-14-8-10-15(11-9-14)19(24)22-18-7-3-2-6-17(18)20(25)23-21-13-16-5-4-12-26-16/h2-13H,1H3,(H,22,24)(H,23,25)/b21-13-. The van der Waals surface area contributed by atoms with Gasteiger partial charge in [0.1, 0.15) is 0 Å². The molecule has 2 amide bonds. The molecule has 0 saturated heterocycles. The molecule has 2 aromatic carbocycles. The second-order valence-electron chi connectivity index (χ2n) is 5.58. The van der Waals surface area contributed by atoms with E-state index in [4.69, 9.17) is 0 Å². The van der Waals surface area contributed by atoms with Gasteiger partial charge < -0.3 is 5.32 Å². The van der Waals surface area contributed by atoms with Crippen LogP contribution in [0.25, 0.3) is 0 Å². The summed E-state index contributed by atoms with van der Waals surface area (Å²) >= 11 is 1.52. The lowest BCUT2D eigenvalue weighted by Gasteiger charge is -2.10. The summed E-state index contributed by atoms with van der Waals surface area (Å²) in [7, 11) is 0. The Hall–Kier alpha value is -3.25. The van der Waals surface area contributed by atoms with Crippen LogP contribution < -0.4 is 10.7 Å². The number of nitrogens with one attached hydrogen (secondary N) is 2. The monoisotopic (exact) mass is 363 g/mol. The van der Waals surface area contributed by atoms with Crippen LogP contribution in [-0.4, -0.2) is 18.0 Å². The van der Waals surface area contributed by atoms with Crippen molar-refractivity contribution in [1.29, 1.82) is 0 Å². The first-order valence-corrected chi connectivity index (χ1v) is 8.85. The third-order valence-electron chi connectivity index (χ3n) is 3.63. The first-order valence-electron chi connectivity index (χ1n) is 7.97. The molecule has 0 atom stereocenters. The van der Waals surface area contributed by atoms with Crippen LogP contribution >= 0.6 is 11.3 Å². The topological polar surface area (TPSA) is 70.6 Å².